The van der Waals surface area contributed by atoms with Crippen LogP contribution in [-0.2, 0) is 4.74 Å². The molecule has 0 amide bonds. The molecule has 1 atom stereocenters. The Morgan fingerprint density at radius 2 is 1.87 bits per heavy atom. The van der Waals surface area contributed by atoms with Crippen LogP contribution in [0, 0.1) is 0 Å². The number of morpholine rings is 1. The molecule has 0 aromatic rings. The summed E-state index contributed by atoms with van der Waals surface area (Å²) in [4.78, 5) is 5.08. The van der Waals surface area contributed by atoms with Gasteiger partial charge in [-0.1, -0.05) is 0 Å². The quantitative estimate of drug-likeness (QED) is 0.691. The highest BCUT2D eigenvalue weighted by molar-refractivity contribution is 4.72. The summed E-state index contributed by atoms with van der Waals surface area (Å²) >= 11 is 0. The van der Waals surface area contributed by atoms with Crippen LogP contribution in [0.15, 0.2) is 0 Å². The van der Waals surface area contributed by atoms with E-state index < -0.39 is 0 Å². The fourth-order valence-electron chi connectivity index (χ4n) is 2.31. The molecule has 2 fully saturated rings. The minimum Gasteiger partial charge on any atom is -0.376 e. The zero-order valence-corrected chi connectivity index (χ0v) is 9.74. The number of ether oxygens (including phenoxy) is 1. The van der Waals surface area contributed by atoms with E-state index in [2.05, 4.69) is 22.0 Å². The third-order valence-electron chi connectivity index (χ3n) is 3.27. The molecule has 4 heteroatoms. The van der Waals surface area contributed by atoms with E-state index in [-0.39, 0.29) is 0 Å². The maximum atomic E-state index is 5.53. The lowest BCUT2D eigenvalue weighted by molar-refractivity contribution is -0.0208. The van der Waals surface area contributed by atoms with Crippen molar-refractivity contribution in [3.05, 3.63) is 0 Å². The van der Waals surface area contributed by atoms with Crippen LogP contribution < -0.4 is 5.32 Å². The number of nitrogens with zero attached hydrogens (tertiary/aromatic N) is 2. The van der Waals surface area contributed by atoms with Gasteiger partial charge in [-0.15, -0.1) is 0 Å². The van der Waals surface area contributed by atoms with Crippen molar-refractivity contribution in [2.24, 2.45) is 0 Å². The van der Waals surface area contributed by atoms with E-state index in [0.717, 1.165) is 32.8 Å². The van der Waals surface area contributed by atoms with Gasteiger partial charge in [-0.2, -0.15) is 0 Å². The first kappa shape index (κ1) is 11.3. The second-order valence-corrected chi connectivity index (χ2v) is 4.57. The predicted molar refractivity (Wildman–Crippen MR) is 61.2 cm³/mol. The van der Waals surface area contributed by atoms with Gasteiger partial charge in [-0.25, -0.2) is 0 Å². The molecule has 4 nitrogen and oxygen atoms in total. The van der Waals surface area contributed by atoms with Crippen molar-refractivity contribution in [1.82, 2.24) is 15.1 Å². The van der Waals surface area contributed by atoms with E-state index in [1.165, 1.54) is 26.2 Å². The number of hydrogen-bond donors (Lipinski definition) is 1. The maximum Gasteiger partial charge on any atom is 0.0674 e. The van der Waals surface area contributed by atoms with Gasteiger partial charge in [0.05, 0.1) is 12.7 Å². The van der Waals surface area contributed by atoms with Gasteiger partial charge in [0.2, 0.25) is 0 Å². The largest absolute Gasteiger partial charge is 0.376 e. The Bertz CT molecular complexity index is 183. The lowest BCUT2D eigenvalue weighted by atomic mass is 10.3. The molecule has 15 heavy (non-hydrogen) atoms. The van der Waals surface area contributed by atoms with Crippen molar-refractivity contribution in [3.63, 3.8) is 0 Å². The van der Waals surface area contributed by atoms with E-state index in [0.29, 0.717) is 6.10 Å². The Labute approximate surface area is 92.6 Å². The van der Waals surface area contributed by atoms with Gasteiger partial charge in [0.1, 0.15) is 0 Å². The minimum absolute atomic E-state index is 0.418. The van der Waals surface area contributed by atoms with Gasteiger partial charge in [-0.3, -0.25) is 9.80 Å². The fourth-order valence-corrected chi connectivity index (χ4v) is 2.31. The molecule has 0 saturated carbocycles. The summed E-state index contributed by atoms with van der Waals surface area (Å²) in [6, 6.07) is 0. The van der Waals surface area contributed by atoms with Crippen molar-refractivity contribution in [3.8, 4) is 0 Å². The molecule has 0 aromatic heterocycles. The van der Waals surface area contributed by atoms with Crippen molar-refractivity contribution >= 4 is 0 Å². The van der Waals surface area contributed by atoms with Gasteiger partial charge in [0.25, 0.3) is 0 Å². The molecule has 0 bridgehead atoms. The highest BCUT2D eigenvalue weighted by Crippen LogP contribution is 2.04. The van der Waals surface area contributed by atoms with E-state index in [4.69, 9.17) is 4.74 Å². The number of piperazine rings is 1. The monoisotopic (exact) mass is 213 g/mol. The van der Waals surface area contributed by atoms with Crippen LogP contribution in [-0.4, -0.2) is 74.9 Å². The Morgan fingerprint density at radius 1 is 1.13 bits per heavy atom. The smallest absolute Gasteiger partial charge is 0.0674 e. The Balaban J connectivity index is 1.63. The van der Waals surface area contributed by atoms with E-state index in [9.17, 15) is 0 Å². The molecule has 2 rings (SSSR count). The summed E-state index contributed by atoms with van der Waals surface area (Å²) in [6.45, 7) is 12.4. The maximum absolute atomic E-state index is 5.53. The topological polar surface area (TPSA) is 27.7 Å². The first-order chi connectivity index (χ1) is 7.34. The lowest BCUT2D eigenvalue weighted by Gasteiger charge is -2.34. The summed E-state index contributed by atoms with van der Waals surface area (Å²) in [6.07, 6.45) is 0.418. The first-order valence-electron chi connectivity index (χ1n) is 6.11. The molecule has 2 saturated heterocycles. The van der Waals surface area contributed by atoms with E-state index >= 15 is 0 Å². The highest BCUT2D eigenvalue weighted by Gasteiger charge is 2.17. The minimum atomic E-state index is 0.418. The number of hydrogen-bond acceptors (Lipinski definition) is 4. The van der Waals surface area contributed by atoms with Gasteiger partial charge in [0.15, 0.2) is 0 Å². The van der Waals surface area contributed by atoms with Crippen molar-refractivity contribution in [2.75, 3.05) is 59.0 Å². The zero-order valence-electron chi connectivity index (χ0n) is 9.74. The molecule has 0 aromatic carbocycles. The van der Waals surface area contributed by atoms with E-state index in [1.807, 2.05) is 0 Å². The molecular weight excluding hydrogens is 190 g/mol. The zero-order chi connectivity index (χ0) is 10.5. The molecular formula is C11H23N3O. The molecule has 1 unspecified atom stereocenters. The standard InChI is InChI=1S/C11H23N3O/c1-11-10-14(8-9-15-11)7-6-13-4-2-12-3-5-13/h11-12H,2-10H2,1H3. The molecule has 88 valence electrons. The average Bonchev–Trinajstić information content (AvgIpc) is 2.28. The van der Waals surface area contributed by atoms with Gasteiger partial charge in [0, 0.05) is 52.4 Å². The van der Waals surface area contributed by atoms with Crippen LogP contribution >= 0.6 is 0 Å². The van der Waals surface area contributed by atoms with E-state index in [1.54, 1.807) is 0 Å². The van der Waals surface area contributed by atoms with Crippen molar-refractivity contribution < 1.29 is 4.74 Å². The van der Waals surface area contributed by atoms with Gasteiger partial charge in [-0.05, 0) is 6.92 Å². The summed E-state index contributed by atoms with van der Waals surface area (Å²) in [5.74, 6) is 0. The molecule has 2 aliphatic rings. The Kier molecular flexibility index (Phi) is 4.38. The molecule has 0 radical (unpaired) electrons. The third-order valence-corrected chi connectivity index (χ3v) is 3.27. The van der Waals surface area contributed by atoms with Gasteiger partial charge < -0.3 is 10.1 Å². The SMILES string of the molecule is CC1CN(CCN2CCNCC2)CCO1. The summed E-state index contributed by atoms with van der Waals surface area (Å²) < 4.78 is 5.53. The summed E-state index contributed by atoms with van der Waals surface area (Å²) in [5.41, 5.74) is 0. The Morgan fingerprint density at radius 3 is 2.60 bits per heavy atom. The van der Waals surface area contributed by atoms with Crippen LogP contribution in [0.25, 0.3) is 0 Å². The van der Waals surface area contributed by atoms with Crippen molar-refractivity contribution in [1.29, 1.82) is 0 Å². The highest BCUT2D eigenvalue weighted by atomic mass is 16.5. The van der Waals surface area contributed by atoms with Crippen molar-refractivity contribution in [2.45, 2.75) is 13.0 Å². The summed E-state index contributed by atoms with van der Waals surface area (Å²) in [7, 11) is 0. The molecule has 0 aliphatic carbocycles. The normalized spacial score (nSPS) is 30.6. The Hall–Kier alpha value is -0.160. The van der Waals surface area contributed by atoms with Crippen LogP contribution in [0.2, 0.25) is 0 Å². The second kappa shape index (κ2) is 5.80. The molecule has 0 spiro atoms. The fraction of sp³-hybridized carbons (Fsp3) is 1.00. The molecule has 1 N–H and O–H groups in total. The molecule has 2 aliphatic heterocycles. The predicted octanol–water partition coefficient (Wildman–Crippen LogP) is -0.388. The van der Waals surface area contributed by atoms with Crippen LogP contribution in [0.3, 0.4) is 0 Å². The van der Waals surface area contributed by atoms with Gasteiger partial charge >= 0.3 is 0 Å². The average molecular weight is 213 g/mol. The van der Waals surface area contributed by atoms with Crippen LogP contribution in [0.4, 0.5) is 0 Å². The number of rotatable bonds is 3. The van der Waals surface area contributed by atoms with Crippen LogP contribution in [0.1, 0.15) is 6.92 Å². The first-order valence-corrected chi connectivity index (χ1v) is 6.11. The molecule has 2 heterocycles. The summed E-state index contributed by atoms with van der Waals surface area (Å²) in [5, 5.41) is 3.38. The third kappa shape index (κ3) is 3.72. The van der Waals surface area contributed by atoms with Crippen LogP contribution in [0.5, 0.6) is 0 Å². The second-order valence-electron chi connectivity index (χ2n) is 4.57. The lowest BCUT2D eigenvalue weighted by Crippen LogP contribution is -2.48. The number of nitrogens with one attached hydrogen (secondary N) is 1.